The lowest BCUT2D eigenvalue weighted by atomic mass is 10.0. The summed E-state index contributed by atoms with van der Waals surface area (Å²) in [6.07, 6.45) is 5.76. The lowest BCUT2D eigenvalue weighted by Gasteiger charge is -2.36. The molecule has 1 fully saturated rings. The van der Waals surface area contributed by atoms with Crippen molar-refractivity contribution >= 4 is 0 Å². The molecule has 0 spiro atoms. The van der Waals surface area contributed by atoms with Gasteiger partial charge in [0.2, 0.25) is 0 Å². The van der Waals surface area contributed by atoms with Gasteiger partial charge in [-0.15, -0.1) is 0 Å². The lowest BCUT2D eigenvalue weighted by Crippen LogP contribution is -2.48. The Morgan fingerprint density at radius 3 is 2.90 bits per heavy atom. The number of piperidine rings is 1. The molecular formula is C16H27N3O. The van der Waals surface area contributed by atoms with Crippen LogP contribution in [0.3, 0.4) is 0 Å². The maximum absolute atomic E-state index is 11.7. The van der Waals surface area contributed by atoms with Crippen LogP contribution in [0.2, 0.25) is 0 Å². The van der Waals surface area contributed by atoms with Crippen molar-refractivity contribution in [2.24, 2.45) is 0 Å². The first-order valence-corrected chi connectivity index (χ1v) is 7.79. The van der Waals surface area contributed by atoms with Crippen molar-refractivity contribution in [3.05, 3.63) is 34.7 Å². The average Bonchev–Trinajstić information content (AvgIpc) is 2.45. The lowest BCUT2D eigenvalue weighted by molar-refractivity contribution is 0.138. The minimum Gasteiger partial charge on any atom is -0.314 e. The maximum Gasteiger partial charge on any atom is 0.250 e. The topological polar surface area (TPSA) is 37.3 Å². The summed E-state index contributed by atoms with van der Waals surface area (Å²) in [7, 11) is 0. The maximum atomic E-state index is 11.7. The van der Waals surface area contributed by atoms with Crippen molar-refractivity contribution in [2.75, 3.05) is 19.6 Å². The van der Waals surface area contributed by atoms with Crippen LogP contribution < -0.4 is 10.9 Å². The molecule has 2 heterocycles. The Morgan fingerprint density at radius 2 is 2.15 bits per heavy atom. The van der Waals surface area contributed by atoms with Crippen molar-refractivity contribution in [3.63, 3.8) is 0 Å². The molecule has 1 aliphatic heterocycles. The zero-order valence-corrected chi connectivity index (χ0v) is 12.7. The van der Waals surface area contributed by atoms with E-state index in [0.717, 1.165) is 26.2 Å². The Kier molecular flexibility index (Phi) is 5.80. The van der Waals surface area contributed by atoms with E-state index in [9.17, 15) is 4.79 Å². The largest absolute Gasteiger partial charge is 0.314 e. The predicted octanol–water partition coefficient (Wildman–Crippen LogP) is 1.70. The number of nitrogens with zero attached hydrogens (tertiary/aromatic N) is 2. The molecule has 4 nitrogen and oxygen atoms in total. The third-order valence-electron chi connectivity index (χ3n) is 4.04. The standard InChI is InChI=1S/C16H27N3O/c1-14(2)17-13-15-7-3-5-9-18(15)11-12-19-10-6-4-8-16(19)20/h4,6,8,10,14-15,17H,3,5,7,9,11-13H2,1-2H3. The van der Waals surface area contributed by atoms with Gasteiger partial charge < -0.3 is 9.88 Å². The number of likely N-dealkylation sites (tertiary alicyclic amines) is 1. The van der Waals surface area contributed by atoms with Gasteiger partial charge in [0.1, 0.15) is 0 Å². The highest BCUT2D eigenvalue weighted by atomic mass is 16.1. The van der Waals surface area contributed by atoms with Gasteiger partial charge in [-0.2, -0.15) is 0 Å². The van der Waals surface area contributed by atoms with Gasteiger partial charge in [-0.05, 0) is 25.5 Å². The average molecular weight is 277 g/mol. The molecule has 0 saturated carbocycles. The first kappa shape index (κ1) is 15.3. The molecule has 1 atom stereocenters. The summed E-state index contributed by atoms with van der Waals surface area (Å²) in [5.41, 5.74) is 0.0985. The van der Waals surface area contributed by atoms with Gasteiger partial charge in [0.15, 0.2) is 0 Å². The Balaban J connectivity index is 1.88. The molecule has 4 heteroatoms. The first-order valence-electron chi connectivity index (χ1n) is 7.79. The highest BCUT2D eigenvalue weighted by Crippen LogP contribution is 2.16. The summed E-state index contributed by atoms with van der Waals surface area (Å²) >= 11 is 0. The van der Waals surface area contributed by atoms with E-state index in [1.54, 1.807) is 12.1 Å². The number of pyridine rings is 1. The molecule has 1 aliphatic rings. The molecule has 0 bridgehead atoms. The van der Waals surface area contributed by atoms with Crippen LogP contribution in [0.25, 0.3) is 0 Å². The highest BCUT2D eigenvalue weighted by molar-refractivity contribution is 4.93. The summed E-state index contributed by atoms with van der Waals surface area (Å²) in [5.74, 6) is 0. The minimum absolute atomic E-state index is 0.0985. The summed E-state index contributed by atoms with van der Waals surface area (Å²) in [4.78, 5) is 14.3. The fourth-order valence-corrected chi connectivity index (χ4v) is 2.84. The number of hydrogen-bond acceptors (Lipinski definition) is 3. The Morgan fingerprint density at radius 1 is 1.30 bits per heavy atom. The van der Waals surface area contributed by atoms with E-state index in [2.05, 4.69) is 24.1 Å². The number of nitrogens with one attached hydrogen (secondary N) is 1. The summed E-state index contributed by atoms with van der Waals surface area (Å²) in [6, 6.07) is 6.51. The fraction of sp³-hybridized carbons (Fsp3) is 0.688. The van der Waals surface area contributed by atoms with E-state index < -0.39 is 0 Å². The van der Waals surface area contributed by atoms with Crippen LogP contribution in [0, 0.1) is 0 Å². The SMILES string of the molecule is CC(C)NCC1CCCCN1CCn1ccccc1=O. The zero-order valence-electron chi connectivity index (χ0n) is 12.7. The van der Waals surface area contributed by atoms with Crippen LogP contribution in [0.1, 0.15) is 33.1 Å². The van der Waals surface area contributed by atoms with E-state index in [4.69, 9.17) is 0 Å². The molecule has 1 unspecified atom stereocenters. The van der Waals surface area contributed by atoms with E-state index in [1.165, 1.54) is 19.3 Å². The van der Waals surface area contributed by atoms with Crippen molar-refractivity contribution in [2.45, 2.75) is 51.7 Å². The van der Waals surface area contributed by atoms with Crippen LogP contribution in [-0.2, 0) is 6.54 Å². The van der Waals surface area contributed by atoms with Crippen molar-refractivity contribution in [3.8, 4) is 0 Å². The Bertz CT molecular complexity index is 455. The van der Waals surface area contributed by atoms with Crippen molar-refractivity contribution < 1.29 is 0 Å². The zero-order chi connectivity index (χ0) is 14.4. The molecule has 0 radical (unpaired) electrons. The Labute approximate surface area is 121 Å². The molecule has 0 amide bonds. The summed E-state index contributed by atoms with van der Waals surface area (Å²) in [5, 5.41) is 3.54. The second-order valence-electron chi connectivity index (χ2n) is 5.98. The summed E-state index contributed by atoms with van der Waals surface area (Å²) < 4.78 is 1.81. The second-order valence-corrected chi connectivity index (χ2v) is 5.98. The van der Waals surface area contributed by atoms with Gasteiger partial charge in [0, 0.05) is 44.0 Å². The van der Waals surface area contributed by atoms with Gasteiger partial charge >= 0.3 is 0 Å². The number of rotatable bonds is 6. The molecule has 1 aromatic heterocycles. The normalized spacial score (nSPS) is 20.4. The monoisotopic (exact) mass is 277 g/mol. The van der Waals surface area contributed by atoms with Crippen LogP contribution >= 0.6 is 0 Å². The third-order valence-corrected chi connectivity index (χ3v) is 4.04. The van der Waals surface area contributed by atoms with E-state index in [-0.39, 0.29) is 5.56 Å². The molecule has 20 heavy (non-hydrogen) atoms. The number of hydrogen-bond donors (Lipinski definition) is 1. The molecule has 1 aromatic rings. The second kappa shape index (κ2) is 7.60. The van der Waals surface area contributed by atoms with Gasteiger partial charge in [0.25, 0.3) is 5.56 Å². The molecule has 0 aromatic carbocycles. The molecule has 2 rings (SSSR count). The third kappa shape index (κ3) is 4.46. The smallest absolute Gasteiger partial charge is 0.250 e. The number of aromatic nitrogens is 1. The van der Waals surface area contributed by atoms with Crippen molar-refractivity contribution in [1.82, 2.24) is 14.8 Å². The molecule has 1 N–H and O–H groups in total. The van der Waals surface area contributed by atoms with Gasteiger partial charge in [-0.25, -0.2) is 0 Å². The van der Waals surface area contributed by atoms with Gasteiger partial charge in [-0.1, -0.05) is 26.3 Å². The molecule has 0 aliphatic carbocycles. The van der Waals surface area contributed by atoms with E-state index >= 15 is 0 Å². The predicted molar refractivity (Wildman–Crippen MR) is 83.1 cm³/mol. The Hall–Kier alpha value is -1.13. The van der Waals surface area contributed by atoms with Gasteiger partial charge in [0.05, 0.1) is 0 Å². The minimum atomic E-state index is 0.0985. The molecular weight excluding hydrogens is 250 g/mol. The molecule has 112 valence electrons. The van der Waals surface area contributed by atoms with Crippen LogP contribution in [0.5, 0.6) is 0 Å². The molecule has 1 saturated heterocycles. The summed E-state index contributed by atoms with van der Waals surface area (Å²) in [6.45, 7) is 8.35. The fourth-order valence-electron chi connectivity index (χ4n) is 2.84. The highest BCUT2D eigenvalue weighted by Gasteiger charge is 2.21. The van der Waals surface area contributed by atoms with Crippen LogP contribution in [-0.4, -0.2) is 41.2 Å². The first-order chi connectivity index (χ1) is 9.66. The van der Waals surface area contributed by atoms with Crippen LogP contribution in [0.15, 0.2) is 29.2 Å². The van der Waals surface area contributed by atoms with Gasteiger partial charge in [-0.3, -0.25) is 9.69 Å². The van der Waals surface area contributed by atoms with E-state index in [0.29, 0.717) is 12.1 Å². The van der Waals surface area contributed by atoms with Crippen LogP contribution in [0.4, 0.5) is 0 Å². The van der Waals surface area contributed by atoms with Crippen molar-refractivity contribution in [1.29, 1.82) is 0 Å². The van der Waals surface area contributed by atoms with E-state index in [1.807, 2.05) is 16.8 Å². The quantitative estimate of drug-likeness (QED) is 0.860.